The molecule has 0 aliphatic rings. The molecule has 1 amide bonds. The van der Waals surface area contributed by atoms with E-state index in [-0.39, 0.29) is 36.6 Å². The lowest BCUT2D eigenvalue weighted by Crippen LogP contribution is -2.13. The van der Waals surface area contributed by atoms with Crippen molar-refractivity contribution in [1.29, 1.82) is 0 Å². The van der Waals surface area contributed by atoms with Crippen LogP contribution in [-0.4, -0.2) is 20.7 Å². The molecule has 1 N–H and O–H groups in total. The van der Waals surface area contributed by atoms with E-state index in [1.807, 2.05) is 19.1 Å². The average Bonchev–Trinajstić information content (AvgIpc) is 3.45. The number of anilines is 1. The highest BCUT2D eigenvalue weighted by Gasteiger charge is 2.16. The molecule has 0 bridgehead atoms. The fourth-order valence-electron chi connectivity index (χ4n) is 3.37. The average molecular weight is 483 g/mol. The topological polar surface area (TPSA) is 82.2 Å². The van der Waals surface area contributed by atoms with Gasteiger partial charge in [-0.05, 0) is 54.3 Å². The zero-order valence-electron chi connectivity index (χ0n) is 19.0. The second-order valence-electron chi connectivity index (χ2n) is 8.16. The smallest absolute Gasteiger partial charge is 0.293 e. The Balaban J connectivity index is 1.38. The Morgan fingerprint density at radius 1 is 1.24 bits per heavy atom. The number of carbonyl (C=O) groups is 1. The van der Waals surface area contributed by atoms with Crippen molar-refractivity contribution in [1.82, 2.24) is 14.8 Å². The quantitative estimate of drug-likeness (QED) is 0.334. The molecule has 2 aromatic heterocycles. The van der Waals surface area contributed by atoms with Crippen molar-refractivity contribution in [3.63, 3.8) is 0 Å². The van der Waals surface area contributed by atoms with Gasteiger partial charge in [0.15, 0.2) is 5.76 Å². The van der Waals surface area contributed by atoms with Gasteiger partial charge >= 0.3 is 0 Å². The molecule has 34 heavy (non-hydrogen) atoms. The van der Waals surface area contributed by atoms with Gasteiger partial charge in [0.05, 0.1) is 6.54 Å². The van der Waals surface area contributed by atoms with E-state index < -0.39 is 5.91 Å². The van der Waals surface area contributed by atoms with Crippen LogP contribution >= 0.6 is 11.6 Å². The number of rotatable bonds is 8. The Kier molecular flexibility index (Phi) is 6.98. The van der Waals surface area contributed by atoms with Crippen LogP contribution < -0.4 is 10.1 Å². The molecule has 2 heterocycles. The van der Waals surface area contributed by atoms with Crippen molar-refractivity contribution in [2.45, 2.75) is 39.8 Å². The molecule has 7 nitrogen and oxygen atoms in total. The molecule has 0 radical (unpaired) electrons. The number of amides is 1. The lowest BCUT2D eigenvalue weighted by Gasteiger charge is -2.15. The van der Waals surface area contributed by atoms with E-state index in [4.69, 9.17) is 20.8 Å². The minimum Gasteiger partial charge on any atom is -0.485 e. The highest BCUT2D eigenvalue weighted by Crippen LogP contribution is 2.32. The summed E-state index contributed by atoms with van der Waals surface area (Å²) in [5.41, 5.74) is 2.39. The van der Waals surface area contributed by atoms with Crippen molar-refractivity contribution in [3.8, 4) is 5.75 Å². The molecule has 0 spiro atoms. The van der Waals surface area contributed by atoms with E-state index in [1.54, 1.807) is 30.3 Å². The van der Waals surface area contributed by atoms with Gasteiger partial charge in [0, 0.05) is 10.6 Å². The SMILES string of the molecule is Cc1cc(OCc2ccc(C(=O)Nc3ncn(Cc4ccccc4F)n3)o2)c(C(C)C)cc1Cl. The molecule has 9 heteroatoms. The summed E-state index contributed by atoms with van der Waals surface area (Å²) in [6.07, 6.45) is 1.42. The number of halogens is 2. The number of nitrogens with zero attached hydrogens (tertiary/aromatic N) is 3. The Morgan fingerprint density at radius 2 is 2.03 bits per heavy atom. The molecule has 0 saturated heterocycles. The van der Waals surface area contributed by atoms with Crippen LogP contribution in [0.5, 0.6) is 5.75 Å². The third kappa shape index (κ3) is 5.46. The first kappa shape index (κ1) is 23.5. The summed E-state index contributed by atoms with van der Waals surface area (Å²) in [6, 6.07) is 13.5. The summed E-state index contributed by atoms with van der Waals surface area (Å²) in [4.78, 5) is 16.6. The molecule has 4 rings (SSSR count). The summed E-state index contributed by atoms with van der Waals surface area (Å²) in [5.74, 6) is 0.809. The van der Waals surface area contributed by atoms with Gasteiger partial charge in [-0.25, -0.2) is 14.1 Å². The molecule has 4 aromatic rings. The molecule has 0 saturated carbocycles. The second-order valence-corrected chi connectivity index (χ2v) is 8.57. The summed E-state index contributed by atoms with van der Waals surface area (Å²) in [5, 5.41) is 7.44. The van der Waals surface area contributed by atoms with Crippen LogP contribution in [0, 0.1) is 12.7 Å². The summed E-state index contributed by atoms with van der Waals surface area (Å²) < 4.78 is 26.9. The van der Waals surface area contributed by atoms with Gasteiger partial charge in [0.1, 0.15) is 30.3 Å². The molecule has 0 unspecified atom stereocenters. The minimum absolute atomic E-state index is 0.0914. The van der Waals surface area contributed by atoms with Crippen LogP contribution in [0.15, 0.2) is 59.3 Å². The predicted molar refractivity (Wildman–Crippen MR) is 127 cm³/mol. The number of furan rings is 1. The van der Waals surface area contributed by atoms with Crippen LogP contribution in [0.2, 0.25) is 5.02 Å². The molecule has 0 aliphatic heterocycles. The lowest BCUT2D eigenvalue weighted by atomic mass is 10.0. The first-order valence-corrected chi connectivity index (χ1v) is 11.1. The molecule has 0 atom stereocenters. The third-order valence-corrected chi connectivity index (χ3v) is 5.63. The van der Waals surface area contributed by atoms with Crippen molar-refractivity contribution in [3.05, 3.63) is 93.9 Å². The van der Waals surface area contributed by atoms with Gasteiger partial charge in [-0.2, -0.15) is 0 Å². The zero-order chi connectivity index (χ0) is 24.2. The van der Waals surface area contributed by atoms with Crippen LogP contribution in [-0.2, 0) is 13.2 Å². The number of aromatic nitrogens is 3. The van der Waals surface area contributed by atoms with Gasteiger partial charge < -0.3 is 9.15 Å². The highest BCUT2D eigenvalue weighted by atomic mass is 35.5. The van der Waals surface area contributed by atoms with E-state index in [2.05, 4.69) is 29.2 Å². The largest absolute Gasteiger partial charge is 0.485 e. The Labute approximate surface area is 201 Å². The van der Waals surface area contributed by atoms with Gasteiger partial charge in [-0.1, -0.05) is 43.6 Å². The molecular weight excluding hydrogens is 459 g/mol. The Morgan fingerprint density at radius 3 is 2.79 bits per heavy atom. The lowest BCUT2D eigenvalue weighted by molar-refractivity contribution is 0.0991. The fraction of sp³-hybridized carbons (Fsp3) is 0.240. The van der Waals surface area contributed by atoms with E-state index in [1.165, 1.54) is 17.1 Å². The Hall–Kier alpha value is -3.65. The fourth-order valence-corrected chi connectivity index (χ4v) is 3.54. The Bertz CT molecular complexity index is 1320. The van der Waals surface area contributed by atoms with Gasteiger partial charge in [-0.15, -0.1) is 5.10 Å². The monoisotopic (exact) mass is 482 g/mol. The number of carbonyl (C=O) groups excluding carboxylic acids is 1. The number of nitrogens with one attached hydrogen (secondary N) is 1. The summed E-state index contributed by atoms with van der Waals surface area (Å²) >= 11 is 6.25. The maximum absolute atomic E-state index is 13.8. The van der Waals surface area contributed by atoms with Crippen molar-refractivity contribution >= 4 is 23.5 Å². The van der Waals surface area contributed by atoms with Crippen LogP contribution in [0.3, 0.4) is 0 Å². The first-order valence-electron chi connectivity index (χ1n) is 10.8. The van der Waals surface area contributed by atoms with Crippen LogP contribution in [0.25, 0.3) is 0 Å². The highest BCUT2D eigenvalue weighted by molar-refractivity contribution is 6.31. The first-order chi connectivity index (χ1) is 16.3. The number of benzene rings is 2. The van der Waals surface area contributed by atoms with Crippen molar-refractivity contribution < 1.29 is 18.3 Å². The molecule has 2 aromatic carbocycles. The van der Waals surface area contributed by atoms with Gasteiger partial charge in [0.2, 0.25) is 5.95 Å². The minimum atomic E-state index is -0.500. The summed E-state index contributed by atoms with van der Waals surface area (Å²) in [7, 11) is 0. The standard InChI is InChI=1S/C25H24ClFN4O3/c1-15(2)19-11-20(26)16(3)10-23(19)33-13-18-8-9-22(34-18)24(32)29-25-28-14-31(30-25)12-17-6-4-5-7-21(17)27/h4-11,14-15H,12-13H2,1-3H3,(H,29,30,32). The van der Waals surface area contributed by atoms with E-state index in [9.17, 15) is 9.18 Å². The third-order valence-electron chi connectivity index (χ3n) is 5.22. The number of hydrogen-bond acceptors (Lipinski definition) is 5. The number of hydrogen-bond donors (Lipinski definition) is 1. The van der Waals surface area contributed by atoms with E-state index >= 15 is 0 Å². The maximum Gasteiger partial charge on any atom is 0.293 e. The van der Waals surface area contributed by atoms with Crippen molar-refractivity contribution in [2.24, 2.45) is 0 Å². The van der Waals surface area contributed by atoms with E-state index in [0.717, 1.165) is 16.9 Å². The second kappa shape index (κ2) is 10.1. The molecule has 176 valence electrons. The molecular formula is C25H24ClFN4O3. The van der Waals surface area contributed by atoms with Crippen LogP contribution in [0.4, 0.5) is 10.3 Å². The predicted octanol–water partition coefficient (Wildman–Crippen LogP) is 5.98. The number of ether oxygens (including phenoxy) is 1. The molecule has 0 fully saturated rings. The zero-order valence-corrected chi connectivity index (χ0v) is 19.8. The number of aryl methyl sites for hydroxylation is 1. The van der Waals surface area contributed by atoms with Crippen LogP contribution in [0.1, 0.15) is 52.8 Å². The maximum atomic E-state index is 13.8. The molecule has 0 aliphatic carbocycles. The van der Waals surface area contributed by atoms with Crippen molar-refractivity contribution in [2.75, 3.05) is 5.32 Å². The van der Waals surface area contributed by atoms with Gasteiger partial charge in [-0.3, -0.25) is 10.1 Å². The van der Waals surface area contributed by atoms with E-state index in [0.29, 0.717) is 16.3 Å². The normalized spacial score (nSPS) is 11.1. The summed E-state index contributed by atoms with van der Waals surface area (Å²) in [6.45, 7) is 6.40. The van der Waals surface area contributed by atoms with Gasteiger partial charge in [0.25, 0.3) is 5.91 Å².